The number of imidazole rings is 1. The first-order valence-electron chi connectivity index (χ1n) is 6.08. The highest BCUT2D eigenvalue weighted by Crippen LogP contribution is 2.27. The molecule has 4 heteroatoms. The third-order valence-corrected chi connectivity index (χ3v) is 3.25. The molecule has 0 bridgehead atoms. The number of halogens is 1. The molecule has 2 aromatic carbocycles. The molecular formula is C15H14FN3. The predicted octanol–water partition coefficient (Wildman–Crippen LogP) is 3.36. The SMILES string of the molecule is Cc1ccc2nc(N)n(-c3c(C)cccc3F)c2c1. The fraction of sp³-hybridized carbons (Fsp3) is 0.133. The molecule has 0 radical (unpaired) electrons. The summed E-state index contributed by atoms with van der Waals surface area (Å²) >= 11 is 0. The first kappa shape index (κ1) is 11.7. The van der Waals surface area contributed by atoms with Gasteiger partial charge in [0.05, 0.1) is 16.7 Å². The summed E-state index contributed by atoms with van der Waals surface area (Å²) < 4.78 is 15.8. The molecule has 1 heterocycles. The van der Waals surface area contributed by atoms with Gasteiger partial charge in [-0.2, -0.15) is 0 Å². The van der Waals surface area contributed by atoms with Gasteiger partial charge in [0.25, 0.3) is 0 Å². The van der Waals surface area contributed by atoms with Crippen LogP contribution in [0.5, 0.6) is 0 Å². The molecule has 0 saturated heterocycles. The van der Waals surface area contributed by atoms with Crippen LogP contribution in [0.25, 0.3) is 16.7 Å². The lowest BCUT2D eigenvalue weighted by molar-refractivity contribution is 0.618. The minimum absolute atomic E-state index is 0.299. The van der Waals surface area contributed by atoms with Crippen molar-refractivity contribution in [1.82, 2.24) is 9.55 Å². The Balaban J connectivity index is 2.42. The lowest BCUT2D eigenvalue weighted by atomic mass is 10.1. The van der Waals surface area contributed by atoms with Crippen LogP contribution in [-0.2, 0) is 0 Å². The molecule has 0 amide bonds. The van der Waals surface area contributed by atoms with Gasteiger partial charge in [-0.3, -0.25) is 4.57 Å². The average Bonchev–Trinajstić information content (AvgIpc) is 2.66. The van der Waals surface area contributed by atoms with Crippen LogP contribution in [0.2, 0.25) is 0 Å². The molecule has 3 rings (SSSR count). The Labute approximate surface area is 110 Å². The number of aromatic nitrogens is 2. The highest BCUT2D eigenvalue weighted by Gasteiger charge is 2.15. The number of aryl methyl sites for hydroxylation is 2. The van der Waals surface area contributed by atoms with Crippen LogP contribution in [-0.4, -0.2) is 9.55 Å². The summed E-state index contributed by atoms with van der Waals surface area (Å²) in [6.07, 6.45) is 0. The number of nitrogens with two attached hydrogens (primary N) is 1. The van der Waals surface area contributed by atoms with Crippen molar-refractivity contribution < 1.29 is 4.39 Å². The molecule has 0 aliphatic heterocycles. The minimum Gasteiger partial charge on any atom is -0.369 e. The molecule has 0 unspecified atom stereocenters. The summed E-state index contributed by atoms with van der Waals surface area (Å²) in [6, 6.07) is 10.8. The van der Waals surface area contributed by atoms with Crippen molar-refractivity contribution in [2.75, 3.05) is 5.73 Å². The second-order valence-corrected chi connectivity index (χ2v) is 4.70. The molecule has 0 spiro atoms. The van der Waals surface area contributed by atoms with Crippen LogP contribution in [0, 0.1) is 19.7 Å². The number of nitrogens with zero attached hydrogens (tertiary/aromatic N) is 2. The van der Waals surface area contributed by atoms with E-state index in [1.54, 1.807) is 10.6 Å². The smallest absolute Gasteiger partial charge is 0.206 e. The lowest BCUT2D eigenvalue weighted by Gasteiger charge is -2.11. The number of hydrogen-bond donors (Lipinski definition) is 1. The van der Waals surface area contributed by atoms with E-state index >= 15 is 0 Å². The third kappa shape index (κ3) is 1.76. The normalized spacial score (nSPS) is 11.1. The highest BCUT2D eigenvalue weighted by molar-refractivity contribution is 5.81. The molecule has 3 aromatic rings. The van der Waals surface area contributed by atoms with Crippen LogP contribution >= 0.6 is 0 Å². The van der Waals surface area contributed by atoms with Gasteiger partial charge in [0, 0.05) is 0 Å². The maximum atomic E-state index is 14.1. The van der Waals surface area contributed by atoms with Gasteiger partial charge in [0.15, 0.2) is 0 Å². The lowest BCUT2D eigenvalue weighted by Crippen LogP contribution is -2.05. The van der Waals surface area contributed by atoms with Gasteiger partial charge in [0.2, 0.25) is 5.95 Å². The van der Waals surface area contributed by atoms with Gasteiger partial charge in [-0.1, -0.05) is 18.2 Å². The number of nitrogen functional groups attached to an aromatic ring is 1. The average molecular weight is 255 g/mol. The first-order chi connectivity index (χ1) is 9.08. The van der Waals surface area contributed by atoms with Crippen molar-refractivity contribution in [2.45, 2.75) is 13.8 Å². The van der Waals surface area contributed by atoms with Gasteiger partial charge < -0.3 is 5.73 Å². The summed E-state index contributed by atoms with van der Waals surface area (Å²) in [4.78, 5) is 4.29. The van der Waals surface area contributed by atoms with E-state index in [9.17, 15) is 4.39 Å². The fourth-order valence-electron chi connectivity index (χ4n) is 2.35. The molecule has 0 fully saturated rings. The summed E-state index contributed by atoms with van der Waals surface area (Å²) in [6.45, 7) is 3.85. The molecule has 1 aromatic heterocycles. The largest absolute Gasteiger partial charge is 0.369 e. The standard InChI is InChI=1S/C15H14FN3/c1-9-6-7-12-13(8-9)19(15(17)18-12)14-10(2)4-3-5-11(14)16/h3-8H,1-2H3,(H2,17,18). The van der Waals surface area contributed by atoms with Crippen LogP contribution < -0.4 is 5.73 Å². The van der Waals surface area contributed by atoms with Crippen molar-refractivity contribution >= 4 is 17.0 Å². The van der Waals surface area contributed by atoms with E-state index < -0.39 is 0 Å². The molecule has 0 aliphatic carbocycles. The van der Waals surface area contributed by atoms with Crippen molar-refractivity contribution in [3.05, 3.63) is 53.3 Å². The number of para-hydroxylation sites is 1. The number of anilines is 1. The zero-order valence-corrected chi connectivity index (χ0v) is 10.8. The van der Waals surface area contributed by atoms with E-state index in [0.717, 1.165) is 22.2 Å². The summed E-state index contributed by atoms with van der Waals surface area (Å²) in [5, 5.41) is 0. The van der Waals surface area contributed by atoms with Gasteiger partial charge in [0.1, 0.15) is 5.82 Å². The van der Waals surface area contributed by atoms with E-state index in [1.807, 2.05) is 38.1 Å². The number of fused-ring (bicyclic) bond motifs is 1. The van der Waals surface area contributed by atoms with E-state index in [2.05, 4.69) is 4.98 Å². The molecule has 3 nitrogen and oxygen atoms in total. The van der Waals surface area contributed by atoms with Crippen molar-refractivity contribution in [1.29, 1.82) is 0 Å². The van der Waals surface area contributed by atoms with Gasteiger partial charge in [-0.25, -0.2) is 9.37 Å². The Kier molecular flexibility index (Phi) is 2.52. The second kappa shape index (κ2) is 4.09. The molecular weight excluding hydrogens is 241 g/mol. The zero-order valence-electron chi connectivity index (χ0n) is 10.8. The molecule has 0 saturated carbocycles. The van der Waals surface area contributed by atoms with Crippen molar-refractivity contribution in [3.8, 4) is 5.69 Å². The quantitative estimate of drug-likeness (QED) is 0.724. The first-order valence-corrected chi connectivity index (χ1v) is 6.08. The minimum atomic E-state index is -0.299. The Morgan fingerprint density at radius 1 is 1.16 bits per heavy atom. The Morgan fingerprint density at radius 3 is 2.68 bits per heavy atom. The maximum Gasteiger partial charge on any atom is 0.206 e. The predicted molar refractivity (Wildman–Crippen MR) is 74.9 cm³/mol. The van der Waals surface area contributed by atoms with Crippen LogP contribution in [0.3, 0.4) is 0 Å². The molecule has 0 atom stereocenters. The third-order valence-electron chi connectivity index (χ3n) is 3.25. The van der Waals surface area contributed by atoms with Gasteiger partial charge >= 0.3 is 0 Å². The Morgan fingerprint density at radius 2 is 1.95 bits per heavy atom. The highest BCUT2D eigenvalue weighted by atomic mass is 19.1. The monoisotopic (exact) mass is 255 g/mol. The van der Waals surface area contributed by atoms with Crippen molar-refractivity contribution in [3.63, 3.8) is 0 Å². The second-order valence-electron chi connectivity index (χ2n) is 4.70. The maximum absolute atomic E-state index is 14.1. The number of rotatable bonds is 1. The molecule has 0 aliphatic rings. The number of benzene rings is 2. The zero-order chi connectivity index (χ0) is 13.6. The van der Waals surface area contributed by atoms with Gasteiger partial charge in [-0.05, 0) is 43.2 Å². The summed E-state index contributed by atoms with van der Waals surface area (Å²) in [7, 11) is 0. The van der Waals surface area contributed by atoms with E-state index in [-0.39, 0.29) is 5.82 Å². The van der Waals surface area contributed by atoms with E-state index in [1.165, 1.54) is 6.07 Å². The fourth-order valence-corrected chi connectivity index (χ4v) is 2.35. The van der Waals surface area contributed by atoms with Crippen molar-refractivity contribution in [2.24, 2.45) is 0 Å². The van der Waals surface area contributed by atoms with E-state index in [4.69, 9.17) is 5.73 Å². The van der Waals surface area contributed by atoms with Crippen LogP contribution in [0.1, 0.15) is 11.1 Å². The molecule has 2 N–H and O–H groups in total. The summed E-state index contributed by atoms with van der Waals surface area (Å²) in [5.74, 6) is 0.00121. The Hall–Kier alpha value is -2.36. The molecule has 96 valence electrons. The van der Waals surface area contributed by atoms with Gasteiger partial charge in [-0.15, -0.1) is 0 Å². The molecule has 19 heavy (non-hydrogen) atoms. The Bertz CT molecular complexity index is 754. The van der Waals surface area contributed by atoms with E-state index in [0.29, 0.717) is 11.6 Å². The topological polar surface area (TPSA) is 43.8 Å². The van der Waals surface area contributed by atoms with Crippen LogP contribution in [0.4, 0.5) is 10.3 Å². The van der Waals surface area contributed by atoms with Crippen LogP contribution in [0.15, 0.2) is 36.4 Å². The number of hydrogen-bond acceptors (Lipinski definition) is 2. The summed E-state index contributed by atoms with van der Waals surface area (Å²) in [5.41, 5.74) is 9.93.